The van der Waals surface area contributed by atoms with E-state index in [9.17, 15) is 9.18 Å². The summed E-state index contributed by atoms with van der Waals surface area (Å²) in [5, 5.41) is 3.02. The number of rotatable bonds is 8. The van der Waals surface area contributed by atoms with Crippen LogP contribution in [0.25, 0.3) is 0 Å². The third-order valence-electron chi connectivity index (χ3n) is 3.13. The molecule has 0 aliphatic rings. The van der Waals surface area contributed by atoms with E-state index in [-0.39, 0.29) is 11.6 Å². The molecule has 1 aromatic carbocycles. The molecule has 0 unspecified atom stereocenters. The van der Waals surface area contributed by atoms with Gasteiger partial charge in [-0.1, -0.05) is 0 Å². The van der Waals surface area contributed by atoms with Crippen LogP contribution < -0.4 is 14.8 Å². The number of ketones is 1. The minimum Gasteiger partial charge on any atom is -0.481 e. The molecule has 23 heavy (non-hydrogen) atoms. The molecular weight excluding hydrogens is 301 g/mol. The van der Waals surface area contributed by atoms with Gasteiger partial charge in [-0.05, 0) is 30.7 Å². The molecule has 0 amide bonds. The SMILES string of the molecule is COc1cc(OC)nc(NCCCC(=O)c2ccc(F)cc2)n1. The van der Waals surface area contributed by atoms with Gasteiger partial charge in [-0.3, -0.25) is 4.79 Å². The number of halogens is 1. The Labute approximate surface area is 133 Å². The standard InChI is InChI=1S/C16H18FN3O3/c1-22-14-10-15(23-2)20-16(19-14)18-9-3-4-13(21)11-5-7-12(17)8-6-11/h5-8,10H,3-4,9H2,1-2H3,(H,18,19,20). The van der Waals surface area contributed by atoms with Gasteiger partial charge in [-0.25, -0.2) is 4.39 Å². The average Bonchev–Trinajstić information content (AvgIpc) is 2.58. The van der Waals surface area contributed by atoms with Crippen molar-refractivity contribution in [3.05, 3.63) is 41.7 Å². The summed E-state index contributed by atoms with van der Waals surface area (Å²) in [6.45, 7) is 0.517. The maximum atomic E-state index is 12.8. The van der Waals surface area contributed by atoms with E-state index in [1.807, 2.05) is 0 Å². The number of carbonyl (C=O) groups excluding carboxylic acids is 1. The van der Waals surface area contributed by atoms with Crippen LogP contribution in [-0.2, 0) is 0 Å². The highest BCUT2D eigenvalue weighted by Gasteiger charge is 2.07. The van der Waals surface area contributed by atoms with E-state index in [4.69, 9.17) is 9.47 Å². The van der Waals surface area contributed by atoms with E-state index < -0.39 is 0 Å². The predicted molar refractivity (Wildman–Crippen MR) is 83.6 cm³/mol. The van der Waals surface area contributed by atoms with E-state index in [0.717, 1.165) is 0 Å². The molecule has 0 spiro atoms. The predicted octanol–water partition coefficient (Wildman–Crippen LogP) is 2.71. The molecule has 1 heterocycles. The van der Waals surface area contributed by atoms with Crippen LogP contribution in [-0.4, -0.2) is 36.5 Å². The Balaban J connectivity index is 1.83. The second-order valence-electron chi connectivity index (χ2n) is 4.74. The molecule has 0 aliphatic heterocycles. The summed E-state index contributed by atoms with van der Waals surface area (Å²) in [6.07, 6.45) is 0.943. The zero-order valence-electron chi connectivity index (χ0n) is 13.0. The third kappa shape index (κ3) is 4.91. The second-order valence-corrected chi connectivity index (χ2v) is 4.74. The number of benzene rings is 1. The summed E-state index contributed by atoms with van der Waals surface area (Å²) in [5.74, 6) is 0.766. The number of nitrogens with one attached hydrogen (secondary N) is 1. The molecule has 0 bridgehead atoms. The van der Waals surface area contributed by atoms with Gasteiger partial charge in [-0.15, -0.1) is 0 Å². The smallest absolute Gasteiger partial charge is 0.229 e. The number of hydrogen-bond donors (Lipinski definition) is 1. The Morgan fingerprint density at radius 2 is 1.74 bits per heavy atom. The van der Waals surface area contributed by atoms with Crippen molar-refractivity contribution >= 4 is 11.7 Å². The van der Waals surface area contributed by atoms with Crippen LogP contribution in [0.4, 0.5) is 10.3 Å². The quantitative estimate of drug-likeness (QED) is 0.596. The van der Waals surface area contributed by atoms with Gasteiger partial charge in [0.2, 0.25) is 17.7 Å². The van der Waals surface area contributed by atoms with Crippen molar-refractivity contribution in [2.24, 2.45) is 0 Å². The molecular formula is C16H18FN3O3. The van der Waals surface area contributed by atoms with E-state index in [2.05, 4.69) is 15.3 Å². The minimum absolute atomic E-state index is 0.0315. The monoisotopic (exact) mass is 319 g/mol. The molecule has 6 nitrogen and oxygen atoms in total. The lowest BCUT2D eigenvalue weighted by Crippen LogP contribution is -2.09. The fourth-order valence-corrected chi connectivity index (χ4v) is 1.92. The maximum Gasteiger partial charge on any atom is 0.229 e. The zero-order valence-corrected chi connectivity index (χ0v) is 13.0. The van der Waals surface area contributed by atoms with Crippen LogP contribution in [0, 0.1) is 5.82 Å². The van der Waals surface area contributed by atoms with E-state index in [1.165, 1.54) is 38.5 Å². The van der Waals surface area contributed by atoms with Crippen LogP contribution >= 0.6 is 0 Å². The molecule has 7 heteroatoms. The van der Waals surface area contributed by atoms with Gasteiger partial charge in [0.15, 0.2) is 5.78 Å². The van der Waals surface area contributed by atoms with Crippen molar-refractivity contribution < 1.29 is 18.7 Å². The molecule has 122 valence electrons. The number of hydrogen-bond acceptors (Lipinski definition) is 6. The summed E-state index contributed by atoms with van der Waals surface area (Å²) < 4.78 is 22.9. The molecule has 0 atom stereocenters. The summed E-state index contributed by atoms with van der Waals surface area (Å²) in [5.41, 5.74) is 0.505. The van der Waals surface area contributed by atoms with Crippen molar-refractivity contribution in [3.8, 4) is 11.8 Å². The van der Waals surface area contributed by atoms with Gasteiger partial charge in [0.25, 0.3) is 0 Å². The Hall–Kier alpha value is -2.70. The normalized spacial score (nSPS) is 10.2. The Morgan fingerprint density at radius 3 is 2.30 bits per heavy atom. The van der Waals surface area contributed by atoms with Crippen LogP contribution in [0.15, 0.2) is 30.3 Å². The number of nitrogens with zero attached hydrogens (tertiary/aromatic N) is 2. The average molecular weight is 319 g/mol. The number of aromatic nitrogens is 2. The second kappa shape index (κ2) is 8.07. The Bertz CT molecular complexity index is 640. The summed E-state index contributed by atoms with van der Waals surface area (Å²) >= 11 is 0. The van der Waals surface area contributed by atoms with Gasteiger partial charge in [-0.2, -0.15) is 9.97 Å². The lowest BCUT2D eigenvalue weighted by molar-refractivity contribution is 0.0981. The van der Waals surface area contributed by atoms with Crippen LogP contribution in [0.5, 0.6) is 11.8 Å². The highest BCUT2D eigenvalue weighted by Crippen LogP contribution is 2.17. The van der Waals surface area contributed by atoms with Crippen molar-refractivity contribution in [1.82, 2.24) is 9.97 Å². The molecule has 0 saturated heterocycles. The molecule has 0 aliphatic carbocycles. The topological polar surface area (TPSA) is 73.3 Å². The molecule has 0 fully saturated rings. The highest BCUT2D eigenvalue weighted by atomic mass is 19.1. The number of carbonyl (C=O) groups is 1. The van der Waals surface area contributed by atoms with E-state index in [1.54, 1.807) is 6.07 Å². The summed E-state index contributed by atoms with van der Waals surface area (Å²) in [4.78, 5) is 20.2. The van der Waals surface area contributed by atoms with Gasteiger partial charge in [0.1, 0.15) is 5.82 Å². The minimum atomic E-state index is -0.354. The number of Topliss-reactive ketones (excluding diaryl/α,β-unsaturated/α-hetero) is 1. The van der Waals surface area contributed by atoms with Crippen LogP contribution in [0.1, 0.15) is 23.2 Å². The van der Waals surface area contributed by atoms with E-state index in [0.29, 0.717) is 42.7 Å². The first-order valence-electron chi connectivity index (χ1n) is 7.12. The van der Waals surface area contributed by atoms with Crippen LogP contribution in [0.3, 0.4) is 0 Å². The van der Waals surface area contributed by atoms with Crippen molar-refractivity contribution in [3.63, 3.8) is 0 Å². The lowest BCUT2D eigenvalue weighted by atomic mass is 10.1. The first-order chi connectivity index (χ1) is 11.1. The van der Waals surface area contributed by atoms with Crippen molar-refractivity contribution in [2.75, 3.05) is 26.1 Å². The van der Waals surface area contributed by atoms with Crippen molar-refractivity contribution in [2.45, 2.75) is 12.8 Å². The van der Waals surface area contributed by atoms with Gasteiger partial charge in [0.05, 0.1) is 20.3 Å². The highest BCUT2D eigenvalue weighted by molar-refractivity contribution is 5.95. The largest absolute Gasteiger partial charge is 0.481 e. The summed E-state index contributed by atoms with van der Waals surface area (Å²) in [7, 11) is 3.01. The number of methoxy groups -OCH3 is 2. The zero-order chi connectivity index (χ0) is 16.7. The lowest BCUT2D eigenvalue weighted by Gasteiger charge is -2.08. The number of anilines is 1. The maximum absolute atomic E-state index is 12.8. The fraction of sp³-hybridized carbons (Fsp3) is 0.312. The molecule has 0 radical (unpaired) electrons. The first-order valence-corrected chi connectivity index (χ1v) is 7.12. The molecule has 0 saturated carbocycles. The number of ether oxygens (including phenoxy) is 2. The first kappa shape index (κ1) is 16.7. The van der Waals surface area contributed by atoms with Gasteiger partial charge in [0, 0.05) is 18.5 Å². The Kier molecular flexibility index (Phi) is 5.85. The third-order valence-corrected chi connectivity index (χ3v) is 3.13. The van der Waals surface area contributed by atoms with Gasteiger partial charge >= 0.3 is 0 Å². The Morgan fingerprint density at radius 1 is 1.13 bits per heavy atom. The van der Waals surface area contributed by atoms with Gasteiger partial charge < -0.3 is 14.8 Å². The summed E-state index contributed by atoms with van der Waals surface area (Å²) in [6, 6.07) is 7.11. The molecule has 1 aromatic heterocycles. The molecule has 1 N–H and O–H groups in total. The molecule has 2 aromatic rings. The van der Waals surface area contributed by atoms with E-state index >= 15 is 0 Å². The fourth-order valence-electron chi connectivity index (χ4n) is 1.92. The molecule has 2 rings (SSSR count). The van der Waals surface area contributed by atoms with Crippen LogP contribution in [0.2, 0.25) is 0 Å². The van der Waals surface area contributed by atoms with Crippen molar-refractivity contribution in [1.29, 1.82) is 0 Å².